The fraction of sp³-hybridized carbons (Fsp3) is 0.130. The molecule has 4 aromatic rings. The van der Waals surface area contributed by atoms with Gasteiger partial charge in [0.05, 0.1) is 27.8 Å². The molecule has 2 N–H and O–H groups in total. The largest absolute Gasteiger partial charge is 0.416 e. The molecule has 2 amide bonds. The molecule has 12 heteroatoms. The van der Waals surface area contributed by atoms with Crippen molar-refractivity contribution in [3.63, 3.8) is 0 Å². The first-order chi connectivity index (χ1) is 16.5. The summed E-state index contributed by atoms with van der Waals surface area (Å²) in [4.78, 5) is 42.6. The van der Waals surface area contributed by atoms with E-state index < -0.39 is 41.5 Å². The molecular weight excluding hydrogens is 488 g/mol. The minimum atomic E-state index is -4.57. The van der Waals surface area contributed by atoms with E-state index in [0.29, 0.717) is 5.56 Å². The number of thiophene rings is 1. The first-order valence-corrected chi connectivity index (χ1v) is 10.9. The zero-order valence-corrected chi connectivity index (χ0v) is 18.8. The predicted molar refractivity (Wildman–Crippen MR) is 123 cm³/mol. The molecule has 7 nitrogen and oxygen atoms in total. The number of aryl methyl sites for hydroxylation is 1. The highest BCUT2D eigenvalue weighted by molar-refractivity contribution is 7.20. The summed E-state index contributed by atoms with van der Waals surface area (Å²) in [5, 5.41) is 4.89. The fourth-order valence-corrected chi connectivity index (χ4v) is 4.39. The molecule has 0 saturated heterocycles. The minimum Gasteiger partial charge on any atom is -0.325 e. The number of carbonyl (C=O) groups excluding carboxylic acids is 2. The van der Waals surface area contributed by atoms with Crippen LogP contribution in [0.3, 0.4) is 0 Å². The van der Waals surface area contributed by atoms with Crippen LogP contribution in [0.4, 0.5) is 28.9 Å². The molecular formula is C23H16F4N4O3S. The lowest BCUT2D eigenvalue weighted by atomic mass is 10.2. The van der Waals surface area contributed by atoms with Gasteiger partial charge in [-0.15, -0.1) is 11.3 Å². The molecule has 0 aliphatic heterocycles. The average molecular weight is 504 g/mol. The van der Waals surface area contributed by atoms with E-state index in [1.54, 1.807) is 6.07 Å². The van der Waals surface area contributed by atoms with Crippen LogP contribution in [0.1, 0.15) is 20.8 Å². The summed E-state index contributed by atoms with van der Waals surface area (Å²) < 4.78 is 53.5. The number of benzene rings is 2. The average Bonchev–Trinajstić information content (AvgIpc) is 3.14. The first-order valence-electron chi connectivity index (χ1n) is 10.1. The number of rotatable bonds is 5. The molecule has 180 valence electrons. The van der Waals surface area contributed by atoms with Gasteiger partial charge in [-0.2, -0.15) is 13.2 Å². The van der Waals surface area contributed by atoms with Gasteiger partial charge >= 0.3 is 6.18 Å². The van der Waals surface area contributed by atoms with Crippen molar-refractivity contribution in [3.05, 3.63) is 87.0 Å². The van der Waals surface area contributed by atoms with Crippen molar-refractivity contribution in [2.75, 3.05) is 10.6 Å². The molecule has 2 aromatic carbocycles. The third-order valence-corrected chi connectivity index (χ3v) is 6.23. The van der Waals surface area contributed by atoms with Crippen LogP contribution >= 0.6 is 11.3 Å². The Hall–Kier alpha value is -4.06. The number of amides is 2. The molecule has 0 saturated carbocycles. The third-order valence-electron chi connectivity index (χ3n) is 5.03. The minimum absolute atomic E-state index is 0.0222. The van der Waals surface area contributed by atoms with Gasteiger partial charge in [0.1, 0.15) is 17.2 Å². The van der Waals surface area contributed by atoms with Gasteiger partial charge in [-0.05, 0) is 42.8 Å². The number of para-hydroxylation sites is 1. The van der Waals surface area contributed by atoms with Crippen LogP contribution in [0.2, 0.25) is 0 Å². The van der Waals surface area contributed by atoms with E-state index in [2.05, 4.69) is 15.6 Å². The topological polar surface area (TPSA) is 93.1 Å². The number of fused-ring (bicyclic) bond motifs is 1. The van der Waals surface area contributed by atoms with E-state index in [1.807, 2.05) is 0 Å². The lowest BCUT2D eigenvalue weighted by Gasteiger charge is -2.10. The quantitative estimate of drug-likeness (QED) is 0.382. The van der Waals surface area contributed by atoms with Crippen LogP contribution in [0, 0.1) is 12.7 Å². The molecule has 35 heavy (non-hydrogen) atoms. The highest BCUT2D eigenvalue weighted by Gasteiger charge is 2.30. The lowest BCUT2D eigenvalue weighted by molar-refractivity contribution is -0.137. The van der Waals surface area contributed by atoms with Gasteiger partial charge in [0.15, 0.2) is 0 Å². The fourth-order valence-electron chi connectivity index (χ4n) is 3.36. The van der Waals surface area contributed by atoms with Gasteiger partial charge in [0, 0.05) is 5.69 Å². The van der Waals surface area contributed by atoms with Gasteiger partial charge in [-0.3, -0.25) is 19.0 Å². The summed E-state index contributed by atoms with van der Waals surface area (Å²) in [5.41, 5.74) is -1.32. The maximum Gasteiger partial charge on any atom is 0.416 e. The summed E-state index contributed by atoms with van der Waals surface area (Å²) in [6.45, 7) is 1.02. The molecule has 4 rings (SSSR count). The highest BCUT2D eigenvalue weighted by Crippen LogP contribution is 2.31. The van der Waals surface area contributed by atoms with Gasteiger partial charge < -0.3 is 10.6 Å². The van der Waals surface area contributed by atoms with E-state index in [1.165, 1.54) is 31.2 Å². The van der Waals surface area contributed by atoms with Crippen LogP contribution in [-0.4, -0.2) is 21.4 Å². The second kappa shape index (κ2) is 9.29. The number of anilines is 2. The SMILES string of the molecule is Cc1c(C(=O)Nc2ccccc2F)sc2ncn(CC(=O)Nc3cccc(C(F)(F)F)c3)c(=O)c12. The Morgan fingerprint density at radius 3 is 2.54 bits per heavy atom. The van der Waals surface area contributed by atoms with E-state index in [0.717, 1.165) is 40.4 Å². The summed E-state index contributed by atoms with van der Waals surface area (Å²) in [7, 11) is 0. The monoisotopic (exact) mass is 504 g/mol. The first kappa shape index (κ1) is 24.1. The van der Waals surface area contributed by atoms with Crippen LogP contribution in [0.15, 0.2) is 59.7 Å². The van der Waals surface area contributed by atoms with E-state index in [-0.39, 0.29) is 26.5 Å². The Kier molecular flexibility index (Phi) is 6.39. The van der Waals surface area contributed by atoms with Gasteiger partial charge in [0.25, 0.3) is 11.5 Å². The Bertz CT molecular complexity index is 1510. The van der Waals surface area contributed by atoms with Crippen LogP contribution in [0.25, 0.3) is 10.2 Å². The molecule has 0 unspecified atom stereocenters. The number of halogens is 4. The summed E-state index contributed by atoms with van der Waals surface area (Å²) in [6, 6.07) is 9.72. The molecule has 0 aliphatic carbocycles. The number of alkyl halides is 3. The van der Waals surface area contributed by atoms with Crippen molar-refractivity contribution in [2.45, 2.75) is 19.6 Å². The standard InChI is InChI=1S/C23H16F4N4O3S/c1-12-18-21(35-19(12)20(33)30-16-8-3-2-7-15(16)24)28-11-31(22(18)34)10-17(32)29-14-6-4-5-13(9-14)23(25,26)27/h2-9,11H,10H2,1H3,(H,29,32)(H,30,33). The maximum atomic E-state index is 13.9. The second-order valence-corrected chi connectivity index (χ2v) is 8.47. The molecule has 0 aliphatic rings. The predicted octanol–water partition coefficient (Wildman–Crippen LogP) is 4.82. The number of hydrogen-bond acceptors (Lipinski definition) is 5. The van der Waals surface area contributed by atoms with Gasteiger partial charge in [-0.1, -0.05) is 18.2 Å². The van der Waals surface area contributed by atoms with Crippen molar-refractivity contribution in [2.24, 2.45) is 0 Å². The summed E-state index contributed by atoms with van der Waals surface area (Å²) >= 11 is 0.939. The van der Waals surface area contributed by atoms with Crippen molar-refractivity contribution in [1.29, 1.82) is 0 Å². The number of nitrogens with zero attached hydrogens (tertiary/aromatic N) is 2. The molecule has 0 spiro atoms. The molecule has 0 radical (unpaired) electrons. The Labute approximate surface area is 199 Å². The maximum absolute atomic E-state index is 13.9. The Morgan fingerprint density at radius 2 is 1.83 bits per heavy atom. The second-order valence-electron chi connectivity index (χ2n) is 7.47. The smallest absolute Gasteiger partial charge is 0.325 e. The molecule has 0 fully saturated rings. The van der Waals surface area contributed by atoms with Gasteiger partial charge in [-0.25, -0.2) is 9.37 Å². The number of carbonyl (C=O) groups is 2. The highest BCUT2D eigenvalue weighted by atomic mass is 32.1. The Morgan fingerprint density at radius 1 is 1.09 bits per heavy atom. The Balaban J connectivity index is 1.56. The van der Waals surface area contributed by atoms with Crippen LogP contribution < -0.4 is 16.2 Å². The van der Waals surface area contributed by atoms with Gasteiger partial charge in [0.2, 0.25) is 5.91 Å². The lowest BCUT2D eigenvalue weighted by Crippen LogP contribution is -2.28. The summed E-state index contributed by atoms with van der Waals surface area (Å²) in [5.74, 6) is -1.98. The van der Waals surface area contributed by atoms with Crippen molar-refractivity contribution >= 4 is 44.7 Å². The zero-order chi connectivity index (χ0) is 25.3. The molecule has 0 bridgehead atoms. The third kappa shape index (κ3) is 5.06. The van der Waals surface area contributed by atoms with E-state index >= 15 is 0 Å². The van der Waals surface area contributed by atoms with Crippen molar-refractivity contribution in [3.8, 4) is 0 Å². The number of aromatic nitrogens is 2. The van der Waals surface area contributed by atoms with Crippen LogP contribution in [0.5, 0.6) is 0 Å². The normalized spacial score (nSPS) is 11.5. The zero-order valence-electron chi connectivity index (χ0n) is 17.9. The van der Waals surface area contributed by atoms with Crippen molar-refractivity contribution < 1.29 is 27.2 Å². The number of hydrogen-bond donors (Lipinski definition) is 2. The molecule has 0 atom stereocenters. The number of nitrogens with one attached hydrogen (secondary N) is 2. The van der Waals surface area contributed by atoms with E-state index in [4.69, 9.17) is 0 Å². The molecule has 2 heterocycles. The molecule has 2 aromatic heterocycles. The summed E-state index contributed by atoms with van der Waals surface area (Å²) in [6.07, 6.45) is -3.45. The van der Waals surface area contributed by atoms with Crippen LogP contribution in [-0.2, 0) is 17.5 Å². The van der Waals surface area contributed by atoms with E-state index in [9.17, 15) is 31.9 Å². The van der Waals surface area contributed by atoms with Crippen molar-refractivity contribution in [1.82, 2.24) is 9.55 Å².